The third-order valence-corrected chi connectivity index (χ3v) is 4.37. The van der Waals surface area contributed by atoms with E-state index in [9.17, 15) is 0 Å². The Labute approximate surface area is 158 Å². The maximum atomic E-state index is 2.47. The van der Waals surface area contributed by atoms with Crippen molar-refractivity contribution in [2.75, 3.05) is 0 Å². The van der Waals surface area contributed by atoms with Crippen molar-refractivity contribution in [3.05, 3.63) is 84.4 Å². The number of aryl methyl sites for hydroxylation is 2. The smallest absolute Gasteiger partial charge is 0.0491 e. The first-order valence-electron chi connectivity index (χ1n) is 9.93. The van der Waals surface area contributed by atoms with Gasteiger partial charge in [-0.15, -0.1) is 0 Å². The third-order valence-electron chi connectivity index (χ3n) is 4.37. The van der Waals surface area contributed by atoms with Gasteiger partial charge in [-0.05, 0) is 30.5 Å². The summed E-state index contributed by atoms with van der Waals surface area (Å²) in [6.07, 6.45) is 2.29. The normalized spacial score (nSPS) is 10.0. The molecule has 1 aromatic heterocycles. The molecule has 136 valence electrons. The summed E-state index contributed by atoms with van der Waals surface area (Å²) in [7, 11) is 0. The molecule has 4 aromatic rings. The summed E-state index contributed by atoms with van der Waals surface area (Å²) in [6, 6.07) is 28.2. The van der Waals surface area contributed by atoms with Crippen molar-refractivity contribution in [3.63, 3.8) is 0 Å². The van der Waals surface area contributed by atoms with E-state index in [-0.39, 0.29) is 0 Å². The zero-order chi connectivity index (χ0) is 18.8. The van der Waals surface area contributed by atoms with Gasteiger partial charge in [0.1, 0.15) is 0 Å². The van der Waals surface area contributed by atoms with Gasteiger partial charge in [-0.25, -0.2) is 0 Å². The zero-order valence-corrected chi connectivity index (χ0v) is 16.6. The van der Waals surface area contributed by atoms with Gasteiger partial charge >= 0.3 is 0 Å². The Balaban J connectivity index is 0.000000570. The summed E-state index contributed by atoms with van der Waals surface area (Å²) in [6.45, 7) is 9.06. The number of hydrogen-bond donors (Lipinski definition) is 0. The van der Waals surface area contributed by atoms with E-state index in [2.05, 4.69) is 83.4 Å². The van der Waals surface area contributed by atoms with Crippen LogP contribution in [0.25, 0.3) is 21.8 Å². The first kappa shape index (κ1) is 19.8. The van der Waals surface area contributed by atoms with E-state index < -0.39 is 0 Å². The van der Waals surface area contributed by atoms with E-state index in [4.69, 9.17) is 0 Å². The van der Waals surface area contributed by atoms with E-state index in [0.717, 1.165) is 19.4 Å². The average molecular weight is 346 g/mol. The fourth-order valence-electron chi connectivity index (χ4n) is 3.33. The lowest BCUT2D eigenvalue weighted by molar-refractivity contribution is 0.678. The molecule has 0 radical (unpaired) electrons. The van der Waals surface area contributed by atoms with Crippen LogP contribution in [0.1, 0.15) is 39.7 Å². The van der Waals surface area contributed by atoms with Gasteiger partial charge in [0.25, 0.3) is 0 Å². The molecule has 0 spiro atoms. The predicted molar refractivity (Wildman–Crippen MR) is 117 cm³/mol. The Kier molecular flexibility index (Phi) is 7.95. The molecule has 3 aromatic carbocycles. The van der Waals surface area contributed by atoms with Crippen LogP contribution in [0.4, 0.5) is 0 Å². The molecule has 0 N–H and O–H groups in total. The number of aromatic nitrogens is 1. The maximum Gasteiger partial charge on any atom is 0.0491 e. The second-order valence-corrected chi connectivity index (χ2v) is 5.78. The predicted octanol–water partition coefficient (Wildman–Crippen LogP) is 7.48. The van der Waals surface area contributed by atoms with Crippen molar-refractivity contribution >= 4 is 21.8 Å². The molecule has 0 atom stereocenters. The lowest BCUT2D eigenvalue weighted by Crippen LogP contribution is -1.99. The molecular formula is C25H31N. The molecule has 0 aliphatic heterocycles. The molecule has 0 fully saturated rings. The highest BCUT2D eigenvalue weighted by Gasteiger charge is 2.08. The number of rotatable bonds is 4. The molecule has 0 aliphatic carbocycles. The molecule has 0 unspecified atom stereocenters. The number of hydrogen-bond acceptors (Lipinski definition) is 0. The Hall–Kier alpha value is -2.54. The van der Waals surface area contributed by atoms with E-state index in [0.29, 0.717) is 0 Å². The minimum absolute atomic E-state index is 1.06. The summed E-state index contributed by atoms with van der Waals surface area (Å²) in [4.78, 5) is 0. The second-order valence-electron chi connectivity index (χ2n) is 5.78. The third kappa shape index (κ3) is 4.35. The Morgan fingerprint density at radius 3 is 1.58 bits per heavy atom. The van der Waals surface area contributed by atoms with Crippen molar-refractivity contribution in [2.24, 2.45) is 0 Å². The minimum atomic E-state index is 1.06. The van der Waals surface area contributed by atoms with Gasteiger partial charge in [0.05, 0.1) is 0 Å². The van der Waals surface area contributed by atoms with Crippen LogP contribution < -0.4 is 0 Å². The van der Waals surface area contributed by atoms with Crippen LogP contribution in [-0.4, -0.2) is 4.57 Å². The van der Waals surface area contributed by atoms with Gasteiger partial charge in [0.15, 0.2) is 0 Å². The molecule has 1 heterocycles. The Morgan fingerprint density at radius 1 is 0.577 bits per heavy atom. The fraction of sp³-hybridized carbons (Fsp3) is 0.280. The van der Waals surface area contributed by atoms with Crippen LogP contribution >= 0.6 is 0 Å². The van der Waals surface area contributed by atoms with E-state index in [1.54, 1.807) is 0 Å². The summed E-state index contributed by atoms with van der Waals surface area (Å²) in [5.74, 6) is 0. The monoisotopic (exact) mass is 345 g/mol. The summed E-state index contributed by atoms with van der Waals surface area (Å²) < 4.78 is 2.47. The highest BCUT2D eigenvalue weighted by molar-refractivity contribution is 6.07. The minimum Gasteiger partial charge on any atom is -0.340 e. The van der Waals surface area contributed by atoms with Gasteiger partial charge in [-0.1, -0.05) is 94.4 Å². The van der Waals surface area contributed by atoms with Crippen LogP contribution in [0.3, 0.4) is 0 Å². The van der Waals surface area contributed by atoms with Crippen molar-refractivity contribution in [1.29, 1.82) is 0 Å². The van der Waals surface area contributed by atoms with E-state index in [1.807, 2.05) is 27.7 Å². The molecule has 0 aliphatic rings. The van der Waals surface area contributed by atoms with Crippen molar-refractivity contribution in [1.82, 2.24) is 4.57 Å². The quantitative estimate of drug-likeness (QED) is 0.361. The average Bonchev–Trinajstić information content (AvgIpc) is 3.06. The van der Waals surface area contributed by atoms with Crippen molar-refractivity contribution < 1.29 is 0 Å². The second kappa shape index (κ2) is 10.5. The van der Waals surface area contributed by atoms with Crippen molar-refractivity contribution in [3.8, 4) is 0 Å². The van der Waals surface area contributed by atoms with Gasteiger partial charge in [-0.2, -0.15) is 0 Å². The SMILES string of the molecule is CC.CC.c1ccc(CCCn2c3ccccc3c3ccccc32)cc1. The molecule has 1 heteroatoms. The number of fused-ring (bicyclic) bond motifs is 3. The van der Waals surface area contributed by atoms with Crippen molar-refractivity contribution in [2.45, 2.75) is 47.1 Å². The molecule has 0 amide bonds. The van der Waals surface area contributed by atoms with Gasteiger partial charge in [-0.3, -0.25) is 0 Å². The van der Waals surface area contributed by atoms with E-state index in [1.165, 1.54) is 27.4 Å². The fourth-order valence-corrected chi connectivity index (χ4v) is 3.33. The summed E-state index contributed by atoms with van der Waals surface area (Å²) in [5, 5.41) is 2.72. The molecule has 1 nitrogen and oxygen atoms in total. The van der Waals surface area contributed by atoms with E-state index >= 15 is 0 Å². The highest BCUT2D eigenvalue weighted by Crippen LogP contribution is 2.28. The lowest BCUT2D eigenvalue weighted by Gasteiger charge is -2.07. The van der Waals surface area contributed by atoms with Gasteiger partial charge < -0.3 is 4.57 Å². The Morgan fingerprint density at radius 2 is 1.04 bits per heavy atom. The van der Waals surface area contributed by atoms with Crippen LogP contribution in [-0.2, 0) is 13.0 Å². The molecule has 26 heavy (non-hydrogen) atoms. The van der Waals surface area contributed by atoms with Gasteiger partial charge in [0.2, 0.25) is 0 Å². The molecule has 0 saturated heterocycles. The first-order valence-corrected chi connectivity index (χ1v) is 9.93. The van der Waals surface area contributed by atoms with Crippen LogP contribution in [0.2, 0.25) is 0 Å². The molecule has 0 saturated carbocycles. The first-order chi connectivity index (χ1) is 12.9. The molecular weight excluding hydrogens is 314 g/mol. The lowest BCUT2D eigenvalue weighted by atomic mass is 10.1. The van der Waals surface area contributed by atoms with Gasteiger partial charge in [0, 0.05) is 28.4 Å². The summed E-state index contributed by atoms with van der Waals surface area (Å²) >= 11 is 0. The van der Waals surface area contributed by atoms with Crippen LogP contribution in [0, 0.1) is 0 Å². The molecule has 4 rings (SSSR count). The summed E-state index contributed by atoms with van der Waals surface area (Å²) in [5.41, 5.74) is 4.11. The Bertz CT molecular complexity index is 850. The maximum absolute atomic E-state index is 2.47. The standard InChI is InChI=1S/C21H19N.2C2H6/c1-2-9-17(10-3-1)11-8-16-22-20-14-6-4-12-18(20)19-13-5-7-15-21(19)22;2*1-2/h1-7,9-10,12-15H,8,11,16H2;2*1-2H3. The zero-order valence-electron chi connectivity index (χ0n) is 16.6. The number of nitrogens with zero attached hydrogens (tertiary/aromatic N) is 1. The number of benzene rings is 3. The molecule has 0 bridgehead atoms. The largest absolute Gasteiger partial charge is 0.340 e. The highest BCUT2D eigenvalue weighted by atomic mass is 15.0. The number of para-hydroxylation sites is 2. The van der Waals surface area contributed by atoms with Crippen LogP contribution in [0.15, 0.2) is 78.9 Å². The van der Waals surface area contributed by atoms with Crippen LogP contribution in [0.5, 0.6) is 0 Å². The topological polar surface area (TPSA) is 4.93 Å².